The van der Waals surface area contributed by atoms with Gasteiger partial charge in [-0.3, -0.25) is 0 Å². The van der Waals surface area contributed by atoms with Gasteiger partial charge in [-0.2, -0.15) is 0 Å². The van der Waals surface area contributed by atoms with Crippen LogP contribution in [0.1, 0.15) is 0 Å². The van der Waals surface area contributed by atoms with Crippen molar-refractivity contribution in [2.75, 3.05) is 5.73 Å². The van der Waals surface area contributed by atoms with Gasteiger partial charge in [-0.15, -0.1) is 0 Å². The molecule has 0 amide bonds. The van der Waals surface area contributed by atoms with Crippen molar-refractivity contribution in [2.24, 2.45) is 0 Å². The van der Waals surface area contributed by atoms with Crippen LogP contribution in [-0.4, -0.2) is 4.98 Å². The van der Waals surface area contributed by atoms with Crippen LogP contribution >= 0.6 is 27.5 Å². The molecule has 1 aromatic heterocycles. The Balaban J connectivity index is 2.23. The second kappa shape index (κ2) is 4.51. The first-order valence-corrected chi connectivity index (χ1v) is 6.52. The SMILES string of the molecule is Nc1cc2oc(-c3cc(Br)ccc3F)nc2cc1Cl. The number of rotatable bonds is 1. The molecule has 0 fully saturated rings. The second-order valence-electron chi connectivity index (χ2n) is 3.98. The molecule has 1 heterocycles. The Labute approximate surface area is 121 Å². The smallest absolute Gasteiger partial charge is 0.230 e. The highest BCUT2D eigenvalue weighted by Crippen LogP contribution is 2.31. The van der Waals surface area contributed by atoms with E-state index in [1.54, 1.807) is 24.3 Å². The molecule has 0 bridgehead atoms. The highest BCUT2D eigenvalue weighted by Gasteiger charge is 2.14. The summed E-state index contributed by atoms with van der Waals surface area (Å²) in [5.74, 6) is -0.218. The Morgan fingerprint density at radius 1 is 1.26 bits per heavy atom. The van der Waals surface area contributed by atoms with Gasteiger partial charge in [0, 0.05) is 10.5 Å². The van der Waals surface area contributed by atoms with E-state index < -0.39 is 5.82 Å². The van der Waals surface area contributed by atoms with Crippen molar-refractivity contribution in [3.63, 3.8) is 0 Å². The van der Waals surface area contributed by atoms with Crippen molar-refractivity contribution in [2.45, 2.75) is 0 Å². The minimum absolute atomic E-state index is 0.190. The lowest BCUT2D eigenvalue weighted by atomic mass is 10.2. The van der Waals surface area contributed by atoms with Crippen LogP contribution in [0.5, 0.6) is 0 Å². The molecule has 3 rings (SSSR count). The Morgan fingerprint density at radius 3 is 2.84 bits per heavy atom. The van der Waals surface area contributed by atoms with Crippen LogP contribution in [0, 0.1) is 5.82 Å². The van der Waals surface area contributed by atoms with E-state index in [2.05, 4.69) is 20.9 Å². The largest absolute Gasteiger partial charge is 0.436 e. The average Bonchev–Trinajstić information content (AvgIpc) is 2.75. The molecular weight excluding hydrogens is 335 g/mol. The average molecular weight is 342 g/mol. The standard InChI is InChI=1S/C13H7BrClFN2O/c14-6-1-2-9(16)7(3-6)13-18-11-4-8(15)10(17)5-12(11)19-13/h1-5H,17H2. The van der Waals surface area contributed by atoms with E-state index in [-0.39, 0.29) is 11.5 Å². The predicted molar refractivity (Wildman–Crippen MR) is 76.5 cm³/mol. The minimum atomic E-state index is -0.408. The minimum Gasteiger partial charge on any atom is -0.436 e. The Hall–Kier alpha value is -1.59. The third-order valence-electron chi connectivity index (χ3n) is 2.67. The Bertz CT molecular complexity index is 749. The molecule has 2 aromatic carbocycles. The summed E-state index contributed by atoms with van der Waals surface area (Å²) in [6, 6.07) is 7.72. The van der Waals surface area contributed by atoms with Gasteiger partial charge in [0.1, 0.15) is 11.3 Å². The third-order valence-corrected chi connectivity index (χ3v) is 3.49. The van der Waals surface area contributed by atoms with E-state index in [4.69, 9.17) is 21.8 Å². The van der Waals surface area contributed by atoms with Gasteiger partial charge in [0.15, 0.2) is 5.58 Å². The van der Waals surface area contributed by atoms with Gasteiger partial charge in [0.2, 0.25) is 5.89 Å². The fraction of sp³-hybridized carbons (Fsp3) is 0. The Kier molecular flexibility index (Phi) is 2.95. The summed E-state index contributed by atoms with van der Waals surface area (Å²) < 4.78 is 20.0. The number of halogens is 3. The monoisotopic (exact) mass is 340 g/mol. The number of nitrogens with zero attached hydrogens (tertiary/aromatic N) is 1. The maximum absolute atomic E-state index is 13.8. The van der Waals surface area contributed by atoms with Gasteiger partial charge >= 0.3 is 0 Å². The molecule has 0 spiro atoms. The zero-order valence-corrected chi connectivity index (χ0v) is 11.8. The number of anilines is 1. The number of hydrogen-bond acceptors (Lipinski definition) is 3. The topological polar surface area (TPSA) is 52.0 Å². The van der Waals surface area contributed by atoms with Crippen molar-refractivity contribution in [1.82, 2.24) is 4.98 Å². The summed E-state index contributed by atoms with van der Waals surface area (Å²) in [7, 11) is 0. The van der Waals surface area contributed by atoms with Crippen molar-refractivity contribution in [3.8, 4) is 11.5 Å². The maximum Gasteiger partial charge on any atom is 0.230 e. The fourth-order valence-electron chi connectivity index (χ4n) is 1.74. The highest BCUT2D eigenvalue weighted by molar-refractivity contribution is 9.10. The summed E-state index contributed by atoms with van der Waals surface area (Å²) in [6.07, 6.45) is 0. The van der Waals surface area contributed by atoms with E-state index in [9.17, 15) is 4.39 Å². The molecule has 0 aliphatic carbocycles. The van der Waals surface area contributed by atoms with E-state index in [1.165, 1.54) is 6.07 Å². The van der Waals surface area contributed by atoms with Crippen LogP contribution in [0.4, 0.5) is 10.1 Å². The molecule has 0 aliphatic heterocycles. The molecule has 0 atom stereocenters. The molecule has 3 nitrogen and oxygen atoms in total. The van der Waals surface area contributed by atoms with Gasteiger partial charge < -0.3 is 10.2 Å². The number of nitrogens with two attached hydrogens (primary N) is 1. The molecule has 19 heavy (non-hydrogen) atoms. The van der Waals surface area contributed by atoms with Crippen molar-refractivity contribution in [3.05, 3.63) is 45.6 Å². The molecule has 0 saturated heterocycles. The van der Waals surface area contributed by atoms with Crippen LogP contribution in [0.2, 0.25) is 5.02 Å². The van der Waals surface area contributed by atoms with Crippen LogP contribution < -0.4 is 5.73 Å². The fourth-order valence-corrected chi connectivity index (χ4v) is 2.26. The van der Waals surface area contributed by atoms with Gasteiger partial charge in [-0.05, 0) is 24.3 Å². The normalized spacial score (nSPS) is 11.1. The van der Waals surface area contributed by atoms with Crippen LogP contribution in [0.3, 0.4) is 0 Å². The molecule has 96 valence electrons. The van der Waals surface area contributed by atoms with Gasteiger partial charge in [0.05, 0.1) is 16.3 Å². The first-order chi connectivity index (χ1) is 9.04. The number of aromatic nitrogens is 1. The quantitative estimate of drug-likeness (QED) is 0.656. The van der Waals surface area contributed by atoms with Gasteiger partial charge in [-0.1, -0.05) is 27.5 Å². The predicted octanol–water partition coefficient (Wildman–Crippen LogP) is 4.63. The molecular formula is C13H7BrClFN2O. The van der Waals surface area contributed by atoms with Crippen molar-refractivity contribution < 1.29 is 8.81 Å². The van der Waals surface area contributed by atoms with E-state index in [0.29, 0.717) is 21.8 Å². The first kappa shape index (κ1) is 12.4. The molecule has 3 aromatic rings. The number of nitrogen functional groups attached to an aromatic ring is 1. The van der Waals surface area contributed by atoms with Gasteiger partial charge in [-0.25, -0.2) is 9.37 Å². The number of oxazole rings is 1. The van der Waals surface area contributed by atoms with Crippen molar-refractivity contribution in [1.29, 1.82) is 0 Å². The molecule has 2 N–H and O–H groups in total. The van der Waals surface area contributed by atoms with E-state index >= 15 is 0 Å². The Morgan fingerprint density at radius 2 is 2.05 bits per heavy atom. The molecule has 0 saturated carbocycles. The summed E-state index contributed by atoms with van der Waals surface area (Å²) in [6.45, 7) is 0. The second-order valence-corrected chi connectivity index (χ2v) is 5.31. The number of benzene rings is 2. The zero-order valence-electron chi connectivity index (χ0n) is 9.45. The number of fused-ring (bicyclic) bond motifs is 1. The lowest BCUT2D eigenvalue weighted by Crippen LogP contribution is -1.85. The van der Waals surface area contributed by atoms with E-state index in [0.717, 1.165) is 4.47 Å². The van der Waals surface area contributed by atoms with Crippen molar-refractivity contribution >= 4 is 44.3 Å². The van der Waals surface area contributed by atoms with Crippen LogP contribution in [-0.2, 0) is 0 Å². The summed E-state index contributed by atoms with van der Waals surface area (Å²) in [5, 5.41) is 0.391. The van der Waals surface area contributed by atoms with Gasteiger partial charge in [0.25, 0.3) is 0 Å². The first-order valence-electron chi connectivity index (χ1n) is 5.35. The number of hydrogen-bond donors (Lipinski definition) is 1. The van der Waals surface area contributed by atoms with Crippen LogP contribution in [0.25, 0.3) is 22.6 Å². The maximum atomic E-state index is 13.8. The summed E-state index contributed by atoms with van der Waals surface area (Å²) >= 11 is 9.19. The molecule has 0 radical (unpaired) electrons. The highest BCUT2D eigenvalue weighted by atomic mass is 79.9. The lowest BCUT2D eigenvalue weighted by molar-refractivity contribution is 0.593. The molecule has 0 aliphatic rings. The molecule has 6 heteroatoms. The summed E-state index contributed by atoms with van der Waals surface area (Å²) in [4.78, 5) is 4.22. The van der Waals surface area contributed by atoms with E-state index in [1.807, 2.05) is 0 Å². The lowest BCUT2D eigenvalue weighted by Gasteiger charge is -1.98. The zero-order chi connectivity index (χ0) is 13.6. The third kappa shape index (κ3) is 2.19. The van der Waals surface area contributed by atoms with Crippen LogP contribution in [0.15, 0.2) is 39.2 Å². The summed E-state index contributed by atoms with van der Waals surface area (Å²) in [5.41, 5.74) is 7.36. The molecule has 0 unspecified atom stereocenters.